The number of piperazine rings is 1. The van der Waals surface area contributed by atoms with Crippen molar-refractivity contribution in [1.82, 2.24) is 9.21 Å². The standard InChI is InChI=1S/C25H26N2O5S/c28-25(29)11-8-20-4-3-7-24(18-20)33(30,31)27-14-12-26(13-15-27)16-17-32-23-10-9-21-5-1-2-6-22(21)19-23/h1-11,18-19H,12-17H2,(H,28,29)/b11-8+. The van der Waals surface area contributed by atoms with E-state index in [-0.39, 0.29) is 4.90 Å². The van der Waals surface area contributed by atoms with E-state index < -0.39 is 16.0 Å². The Morgan fingerprint density at radius 1 is 0.939 bits per heavy atom. The predicted molar refractivity (Wildman–Crippen MR) is 128 cm³/mol. The summed E-state index contributed by atoms with van der Waals surface area (Å²) >= 11 is 0. The molecule has 1 N–H and O–H groups in total. The van der Waals surface area contributed by atoms with Crippen molar-refractivity contribution in [3.63, 3.8) is 0 Å². The number of benzene rings is 3. The number of carboxylic acids is 1. The SMILES string of the molecule is O=C(O)/C=C/c1cccc(S(=O)(=O)N2CCN(CCOc3ccc4ccccc4c3)CC2)c1. The molecule has 0 bridgehead atoms. The molecule has 1 aliphatic rings. The van der Waals surface area contributed by atoms with E-state index in [0.29, 0.717) is 38.3 Å². The number of sulfonamides is 1. The predicted octanol–water partition coefficient (Wildman–Crippen LogP) is 3.32. The maximum Gasteiger partial charge on any atom is 0.328 e. The molecular formula is C25H26N2O5S. The fraction of sp³-hybridized carbons (Fsp3) is 0.240. The van der Waals surface area contributed by atoms with Gasteiger partial charge in [0.1, 0.15) is 12.4 Å². The highest BCUT2D eigenvalue weighted by molar-refractivity contribution is 7.89. The summed E-state index contributed by atoms with van der Waals surface area (Å²) < 4.78 is 33.5. The smallest absolute Gasteiger partial charge is 0.328 e. The van der Waals surface area contributed by atoms with Crippen LogP contribution in [0.4, 0.5) is 0 Å². The lowest BCUT2D eigenvalue weighted by atomic mass is 10.1. The monoisotopic (exact) mass is 466 g/mol. The molecule has 8 heteroatoms. The molecule has 4 rings (SSSR count). The van der Waals surface area contributed by atoms with E-state index in [4.69, 9.17) is 9.84 Å². The van der Waals surface area contributed by atoms with Gasteiger partial charge in [-0.05, 0) is 46.7 Å². The first kappa shape index (κ1) is 23.0. The van der Waals surface area contributed by atoms with Crippen LogP contribution in [0.5, 0.6) is 5.75 Å². The van der Waals surface area contributed by atoms with Gasteiger partial charge in [-0.1, -0.05) is 42.5 Å². The van der Waals surface area contributed by atoms with Crippen LogP contribution in [0.15, 0.2) is 77.7 Å². The normalized spacial score (nSPS) is 15.8. The lowest BCUT2D eigenvalue weighted by Gasteiger charge is -2.33. The van der Waals surface area contributed by atoms with Gasteiger partial charge in [0.15, 0.2) is 0 Å². The lowest BCUT2D eigenvalue weighted by Crippen LogP contribution is -2.49. The largest absolute Gasteiger partial charge is 0.492 e. The van der Waals surface area contributed by atoms with Gasteiger partial charge in [-0.3, -0.25) is 4.90 Å². The van der Waals surface area contributed by atoms with Gasteiger partial charge in [-0.15, -0.1) is 0 Å². The quantitative estimate of drug-likeness (QED) is 0.513. The van der Waals surface area contributed by atoms with Crippen LogP contribution in [0.2, 0.25) is 0 Å². The molecule has 0 aliphatic carbocycles. The fourth-order valence-corrected chi connectivity index (χ4v) is 5.32. The molecule has 0 aromatic heterocycles. The number of ether oxygens (including phenoxy) is 1. The molecule has 7 nitrogen and oxygen atoms in total. The summed E-state index contributed by atoms with van der Waals surface area (Å²) in [5.74, 6) is -0.254. The van der Waals surface area contributed by atoms with Crippen LogP contribution in [-0.4, -0.2) is 68.0 Å². The van der Waals surface area contributed by atoms with Crippen LogP contribution in [0.1, 0.15) is 5.56 Å². The van der Waals surface area contributed by atoms with E-state index in [9.17, 15) is 13.2 Å². The maximum absolute atomic E-state index is 13.0. The number of hydrogen-bond acceptors (Lipinski definition) is 5. The minimum Gasteiger partial charge on any atom is -0.492 e. The van der Waals surface area contributed by atoms with Gasteiger partial charge in [0.05, 0.1) is 4.90 Å². The molecule has 1 aliphatic heterocycles. The first-order valence-electron chi connectivity index (χ1n) is 10.8. The Hall–Kier alpha value is -3.20. The van der Waals surface area contributed by atoms with Gasteiger partial charge in [-0.25, -0.2) is 13.2 Å². The van der Waals surface area contributed by atoms with E-state index in [2.05, 4.69) is 17.0 Å². The number of fused-ring (bicyclic) bond motifs is 1. The molecule has 0 radical (unpaired) electrons. The summed E-state index contributed by atoms with van der Waals surface area (Å²) in [5.41, 5.74) is 0.531. The number of rotatable bonds is 8. The maximum atomic E-state index is 13.0. The van der Waals surface area contributed by atoms with Crippen LogP contribution in [0.3, 0.4) is 0 Å². The van der Waals surface area contributed by atoms with Gasteiger partial charge in [-0.2, -0.15) is 4.31 Å². The number of hydrogen-bond donors (Lipinski definition) is 1. The highest BCUT2D eigenvalue weighted by Gasteiger charge is 2.28. The second-order valence-corrected chi connectivity index (χ2v) is 9.79. The molecule has 33 heavy (non-hydrogen) atoms. The molecule has 3 aromatic carbocycles. The fourth-order valence-electron chi connectivity index (χ4n) is 3.84. The Kier molecular flexibility index (Phi) is 7.08. The first-order valence-corrected chi connectivity index (χ1v) is 12.2. The molecule has 0 spiro atoms. The zero-order chi connectivity index (χ0) is 23.3. The van der Waals surface area contributed by atoms with Crippen molar-refractivity contribution >= 4 is 32.8 Å². The number of carboxylic acid groups (broad SMARTS) is 1. The Bertz CT molecular complexity index is 1260. The van der Waals surface area contributed by atoms with Crippen molar-refractivity contribution in [1.29, 1.82) is 0 Å². The zero-order valence-electron chi connectivity index (χ0n) is 18.1. The van der Waals surface area contributed by atoms with Crippen LogP contribution in [0.25, 0.3) is 16.8 Å². The van der Waals surface area contributed by atoms with E-state index in [1.54, 1.807) is 12.1 Å². The molecule has 0 atom stereocenters. The van der Waals surface area contributed by atoms with Gasteiger partial charge in [0, 0.05) is 38.8 Å². The van der Waals surface area contributed by atoms with Crippen LogP contribution < -0.4 is 4.74 Å². The van der Waals surface area contributed by atoms with Crippen molar-refractivity contribution in [3.8, 4) is 5.75 Å². The van der Waals surface area contributed by atoms with Crippen molar-refractivity contribution in [2.24, 2.45) is 0 Å². The van der Waals surface area contributed by atoms with Gasteiger partial charge >= 0.3 is 5.97 Å². The summed E-state index contributed by atoms with van der Waals surface area (Å²) in [6.07, 6.45) is 2.37. The minimum absolute atomic E-state index is 0.170. The molecule has 3 aromatic rings. The average molecular weight is 467 g/mol. The van der Waals surface area contributed by atoms with E-state index >= 15 is 0 Å². The molecule has 0 amide bonds. The van der Waals surface area contributed by atoms with Crippen LogP contribution in [-0.2, 0) is 14.8 Å². The zero-order valence-corrected chi connectivity index (χ0v) is 18.9. The lowest BCUT2D eigenvalue weighted by molar-refractivity contribution is -0.131. The first-order chi connectivity index (χ1) is 15.9. The van der Waals surface area contributed by atoms with E-state index in [1.165, 1.54) is 27.9 Å². The summed E-state index contributed by atoms with van der Waals surface area (Å²) in [6, 6.07) is 20.5. The van der Waals surface area contributed by atoms with E-state index in [1.807, 2.05) is 30.3 Å². The topological polar surface area (TPSA) is 87.1 Å². The summed E-state index contributed by atoms with van der Waals surface area (Å²) in [4.78, 5) is 13.1. The Morgan fingerprint density at radius 3 is 2.45 bits per heavy atom. The molecule has 0 saturated carbocycles. The second-order valence-electron chi connectivity index (χ2n) is 7.85. The van der Waals surface area contributed by atoms with Gasteiger partial charge in [0.2, 0.25) is 10.0 Å². The minimum atomic E-state index is -3.64. The highest BCUT2D eigenvalue weighted by Crippen LogP contribution is 2.21. The highest BCUT2D eigenvalue weighted by atomic mass is 32.2. The third-order valence-electron chi connectivity index (χ3n) is 5.64. The van der Waals surface area contributed by atoms with Crippen LogP contribution in [0, 0.1) is 0 Å². The molecule has 172 valence electrons. The molecule has 1 heterocycles. The van der Waals surface area contributed by atoms with Gasteiger partial charge < -0.3 is 9.84 Å². The van der Waals surface area contributed by atoms with Crippen molar-refractivity contribution < 1.29 is 23.1 Å². The summed E-state index contributed by atoms with van der Waals surface area (Å²) in [7, 11) is -3.64. The molecule has 1 saturated heterocycles. The van der Waals surface area contributed by atoms with E-state index in [0.717, 1.165) is 23.8 Å². The van der Waals surface area contributed by atoms with Crippen molar-refractivity contribution in [3.05, 3.63) is 78.4 Å². The van der Waals surface area contributed by atoms with Crippen molar-refractivity contribution in [2.45, 2.75) is 4.90 Å². The average Bonchev–Trinajstić information content (AvgIpc) is 2.83. The molecular weight excluding hydrogens is 440 g/mol. The second kappa shape index (κ2) is 10.2. The van der Waals surface area contributed by atoms with Crippen LogP contribution >= 0.6 is 0 Å². The third-order valence-corrected chi connectivity index (χ3v) is 7.54. The molecule has 0 unspecified atom stereocenters. The van der Waals surface area contributed by atoms with Crippen molar-refractivity contribution in [2.75, 3.05) is 39.3 Å². The Balaban J connectivity index is 1.30. The summed E-state index contributed by atoms with van der Waals surface area (Å²) in [5, 5.41) is 11.1. The molecule has 1 fully saturated rings. The summed E-state index contributed by atoms with van der Waals surface area (Å²) in [6.45, 7) is 3.29. The Labute approximate surface area is 193 Å². The van der Waals surface area contributed by atoms with Gasteiger partial charge in [0.25, 0.3) is 0 Å². The third kappa shape index (κ3) is 5.78. The number of carbonyl (C=O) groups is 1. The number of aliphatic carboxylic acids is 1. The Morgan fingerprint density at radius 2 is 1.70 bits per heavy atom. The number of nitrogens with zero attached hydrogens (tertiary/aromatic N) is 2.